The predicted octanol–water partition coefficient (Wildman–Crippen LogP) is 1.24. The Morgan fingerprint density at radius 1 is 1.46 bits per heavy atom. The zero-order valence-corrected chi connectivity index (χ0v) is 6.73. The maximum atomic E-state index is 10.6. The predicted molar refractivity (Wildman–Crippen MR) is 46.7 cm³/mol. The first kappa shape index (κ1) is 7.79. The lowest BCUT2D eigenvalue weighted by molar-refractivity contribution is -0.129. The number of carboxylic acid groups (broad SMARTS) is 1. The van der Waals surface area contributed by atoms with E-state index in [0.717, 1.165) is 0 Å². The molecule has 1 N–H and O–H groups in total. The number of rotatable bonds is 1. The summed E-state index contributed by atoms with van der Waals surface area (Å²) < 4.78 is 5.19. The highest BCUT2D eigenvalue weighted by molar-refractivity contribution is 6.37. The average Bonchev–Trinajstić information content (AvgIpc) is 2.17. The second-order valence-corrected chi connectivity index (χ2v) is 2.62. The molecule has 0 aromatic heterocycles. The van der Waals surface area contributed by atoms with Crippen molar-refractivity contribution in [1.29, 1.82) is 0 Å². The lowest BCUT2D eigenvalue weighted by Gasteiger charge is -2.13. The number of carbonyl (C=O) groups is 1. The molecule has 4 heteroatoms. The van der Waals surface area contributed by atoms with Crippen molar-refractivity contribution in [2.24, 2.45) is 4.99 Å². The van der Waals surface area contributed by atoms with Crippen LogP contribution in [0.5, 0.6) is 5.75 Å². The second kappa shape index (κ2) is 2.90. The quantitative estimate of drug-likeness (QED) is 0.701. The molecule has 0 saturated carbocycles. The third-order valence-electron chi connectivity index (χ3n) is 1.73. The SMILES string of the molecule is O=C(O)C1=Nc2ccccc2OC1. The fourth-order valence-electron chi connectivity index (χ4n) is 1.10. The van der Waals surface area contributed by atoms with Crippen molar-refractivity contribution in [3.05, 3.63) is 24.3 Å². The topological polar surface area (TPSA) is 58.9 Å². The van der Waals surface area contributed by atoms with E-state index in [-0.39, 0.29) is 12.3 Å². The van der Waals surface area contributed by atoms with Crippen LogP contribution in [0.25, 0.3) is 0 Å². The molecule has 1 aromatic rings. The van der Waals surface area contributed by atoms with Crippen LogP contribution < -0.4 is 4.74 Å². The molecule has 0 fully saturated rings. The summed E-state index contributed by atoms with van der Waals surface area (Å²) in [7, 11) is 0. The summed E-state index contributed by atoms with van der Waals surface area (Å²) in [4.78, 5) is 14.5. The molecule has 1 aliphatic rings. The molecule has 1 heterocycles. The van der Waals surface area contributed by atoms with E-state index in [1.165, 1.54) is 0 Å². The number of benzene rings is 1. The molecule has 13 heavy (non-hydrogen) atoms. The van der Waals surface area contributed by atoms with Crippen molar-refractivity contribution in [1.82, 2.24) is 0 Å². The maximum absolute atomic E-state index is 10.6. The molecule has 4 nitrogen and oxygen atoms in total. The van der Waals surface area contributed by atoms with Gasteiger partial charge in [0, 0.05) is 0 Å². The zero-order valence-electron chi connectivity index (χ0n) is 6.73. The van der Waals surface area contributed by atoms with Gasteiger partial charge in [-0.1, -0.05) is 12.1 Å². The first-order valence-corrected chi connectivity index (χ1v) is 3.80. The van der Waals surface area contributed by atoms with E-state index >= 15 is 0 Å². The van der Waals surface area contributed by atoms with E-state index in [9.17, 15) is 4.79 Å². The van der Waals surface area contributed by atoms with Crippen molar-refractivity contribution in [2.75, 3.05) is 6.61 Å². The molecule has 0 radical (unpaired) electrons. The number of fused-ring (bicyclic) bond motifs is 1. The van der Waals surface area contributed by atoms with E-state index in [1.54, 1.807) is 18.2 Å². The summed E-state index contributed by atoms with van der Waals surface area (Å²) in [5.41, 5.74) is 0.616. The van der Waals surface area contributed by atoms with Crippen LogP contribution in [0.15, 0.2) is 29.3 Å². The smallest absolute Gasteiger partial charge is 0.353 e. The summed E-state index contributed by atoms with van der Waals surface area (Å²) >= 11 is 0. The van der Waals surface area contributed by atoms with Gasteiger partial charge in [0.15, 0.2) is 5.71 Å². The van der Waals surface area contributed by atoms with E-state index in [4.69, 9.17) is 9.84 Å². The lowest BCUT2D eigenvalue weighted by Crippen LogP contribution is -2.23. The van der Waals surface area contributed by atoms with Gasteiger partial charge in [-0.15, -0.1) is 0 Å². The number of nitrogens with zero attached hydrogens (tertiary/aromatic N) is 1. The Kier molecular flexibility index (Phi) is 1.73. The molecule has 0 amide bonds. The van der Waals surface area contributed by atoms with E-state index in [2.05, 4.69) is 4.99 Å². The first-order valence-electron chi connectivity index (χ1n) is 3.80. The molecule has 0 aliphatic carbocycles. The van der Waals surface area contributed by atoms with Crippen LogP contribution in [0, 0.1) is 0 Å². The number of carboxylic acids is 1. The highest BCUT2D eigenvalue weighted by atomic mass is 16.5. The average molecular weight is 177 g/mol. The van der Waals surface area contributed by atoms with Gasteiger partial charge in [0.1, 0.15) is 18.0 Å². The van der Waals surface area contributed by atoms with Crippen molar-refractivity contribution < 1.29 is 14.6 Å². The number of hydrogen-bond donors (Lipinski definition) is 1. The number of ether oxygens (including phenoxy) is 1. The Morgan fingerprint density at radius 2 is 2.23 bits per heavy atom. The second-order valence-electron chi connectivity index (χ2n) is 2.62. The number of hydrogen-bond acceptors (Lipinski definition) is 3. The van der Waals surface area contributed by atoms with Gasteiger partial charge in [-0.25, -0.2) is 9.79 Å². The van der Waals surface area contributed by atoms with Crippen LogP contribution in [0.3, 0.4) is 0 Å². The molecular formula is C9H7NO3. The van der Waals surface area contributed by atoms with Crippen molar-refractivity contribution in [2.45, 2.75) is 0 Å². The molecule has 0 spiro atoms. The van der Waals surface area contributed by atoms with E-state index < -0.39 is 5.97 Å². The minimum Gasteiger partial charge on any atom is -0.485 e. The van der Waals surface area contributed by atoms with Crippen LogP contribution in [0.2, 0.25) is 0 Å². The van der Waals surface area contributed by atoms with Gasteiger partial charge in [-0.3, -0.25) is 0 Å². The molecule has 0 bridgehead atoms. The summed E-state index contributed by atoms with van der Waals surface area (Å²) in [5.74, 6) is -0.401. The molecule has 0 unspecified atom stereocenters. The summed E-state index contributed by atoms with van der Waals surface area (Å²) in [6, 6.07) is 7.09. The lowest BCUT2D eigenvalue weighted by atomic mass is 10.2. The van der Waals surface area contributed by atoms with Gasteiger partial charge in [-0.05, 0) is 12.1 Å². The van der Waals surface area contributed by atoms with Crippen LogP contribution in [-0.4, -0.2) is 23.4 Å². The Morgan fingerprint density at radius 3 is 3.00 bits per heavy atom. The Hall–Kier alpha value is -1.84. The normalized spacial score (nSPS) is 14.0. The Balaban J connectivity index is 2.44. The summed E-state index contributed by atoms with van der Waals surface area (Å²) in [6.07, 6.45) is 0. The fraction of sp³-hybridized carbons (Fsp3) is 0.111. The number of para-hydroxylation sites is 2. The highest BCUT2D eigenvalue weighted by Crippen LogP contribution is 2.29. The van der Waals surface area contributed by atoms with Crippen LogP contribution >= 0.6 is 0 Å². The van der Waals surface area contributed by atoms with Gasteiger partial charge in [0.2, 0.25) is 0 Å². The minimum absolute atomic E-state index is 0.0341. The van der Waals surface area contributed by atoms with Crippen LogP contribution in [0.4, 0.5) is 5.69 Å². The van der Waals surface area contributed by atoms with Crippen molar-refractivity contribution in [3.8, 4) is 5.75 Å². The third kappa shape index (κ3) is 1.38. The van der Waals surface area contributed by atoms with Gasteiger partial charge in [0.25, 0.3) is 0 Å². The third-order valence-corrected chi connectivity index (χ3v) is 1.73. The maximum Gasteiger partial charge on any atom is 0.353 e. The summed E-state index contributed by atoms with van der Waals surface area (Å²) in [6.45, 7) is 0.0341. The van der Waals surface area contributed by atoms with Crippen LogP contribution in [-0.2, 0) is 4.79 Å². The van der Waals surface area contributed by atoms with E-state index in [0.29, 0.717) is 11.4 Å². The van der Waals surface area contributed by atoms with Gasteiger partial charge in [-0.2, -0.15) is 0 Å². The number of aliphatic carboxylic acids is 1. The summed E-state index contributed by atoms with van der Waals surface area (Å²) in [5, 5.41) is 8.65. The molecule has 0 atom stereocenters. The highest BCUT2D eigenvalue weighted by Gasteiger charge is 2.17. The Bertz CT molecular complexity index is 384. The largest absolute Gasteiger partial charge is 0.485 e. The fourth-order valence-corrected chi connectivity index (χ4v) is 1.10. The van der Waals surface area contributed by atoms with Gasteiger partial charge in [0.05, 0.1) is 0 Å². The van der Waals surface area contributed by atoms with Crippen molar-refractivity contribution >= 4 is 17.4 Å². The monoisotopic (exact) mass is 177 g/mol. The molecule has 1 aliphatic heterocycles. The Labute approximate surface area is 74.5 Å². The zero-order chi connectivity index (χ0) is 9.26. The van der Waals surface area contributed by atoms with Gasteiger partial charge >= 0.3 is 5.97 Å². The van der Waals surface area contributed by atoms with Crippen LogP contribution in [0.1, 0.15) is 0 Å². The number of aliphatic imine (C=N–C) groups is 1. The minimum atomic E-state index is -1.03. The van der Waals surface area contributed by atoms with Crippen molar-refractivity contribution in [3.63, 3.8) is 0 Å². The molecule has 0 saturated heterocycles. The molecule has 2 rings (SSSR count). The van der Waals surface area contributed by atoms with E-state index in [1.807, 2.05) is 6.07 Å². The standard InChI is InChI=1S/C9H7NO3/c11-9(12)7-5-13-8-4-2-1-3-6(8)10-7/h1-4H,5H2,(H,11,12). The molecule has 1 aromatic carbocycles. The first-order chi connectivity index (χ1) is 6.27. The molecular weight excluding hydrogens is 170 g/mol. The molecule has 66 valence electrons. The van der Waals surface area contributed by atoms with Gasteiger partial charge < -0.3 is 9.84 Å².